The zero-order valence-electron chi connectivity index (χ0n) is 16.1. The molecule has 2 aliphatic rings. The summed E-state index contributed by atoms with van der Waals surface area (Å²) < 4.78 is 35.8. The summed E-state index contributed by atoms with van der Waals surface area (Å²) in [6.45, 7) is 4.32. The molecule has 1 aromatic carbocycles. The van der Waals surface area contributed by atoms with Gasteiger partial charge in [-0.05, 0) is 55.9 Å². The van der Waals surface area contributed by atoms with Crippen LogP contribution >= 0.6 is 0 Å². The van der Waals surface area contributed by atoms with E-state index in [2.05, 4.69) is 5.43 Å². The first kappa shape index (κ1) is 19.1. The first-order chi connectivity index (χ1) is 13.6. The molecule has 0 atom stereocenters. The van der Waals surface area contributed by atoms with Gasteiger partial charge in [-0.25, -0.2) is 13.8 Å². The number of ether oxygens (including phenoxy) is 1. The molecule has 0 unspecified atom stereocenters. The standard InChI is InChI=1S/C21H25F2N3O2/c1-14-15-5-2-3-8-19(15)26(13-16-17(22)6-4-7-18(16)23)20(14)21(27)24-25-9-11-28-12-10-25/h4,6-7H,2-3,5,8-13H2,1H3,(H,24,27). The minimum absolute atomic E-state index is 0.00806. The fraction of sp³-hybridized carbons (Fsp3) is 0.476. The van der Waals surface area contributed by atoms with Crippen LogP contribution < -0.4 is 5.43 Å². The lowest BCUT2D eigenvalue weighted by molar-refractivity contribution is 0.0123. The number of aromatic nitrogens is 1. The molecule has 1 aliphatic carbocycles. The van der Waals surface area contributed by atoms with E-state index in [1.54, 1.807) is 0 Å². The van der Waals surface area contributed by atoms with E-state index in [9.17, 15) is 13.6 Å². The number of morpholine rings is 1. The molecule has 7 heteroatoms. The monoisotopic (exact) mass is 389 g/mol. The lowest BCUT2D eigenvalue weighted by atomic mass is 9.95. The highest BCUT2D eigenvalue weighted by Crippen LogP contribution is 2.31. The number of amides is 1. The summed E-state index contributed by atoms with van der Waals surface area (Å²) in [5, 5.41) is 1.84. The Morgan fingerprint density at radius 2 is 1.82 bits per heavy atom. The van der Waals surface area contributed by atoms with E-state index < -0.39 is 11.6 Å². The number of benzene rings is 1. The van der Waals surface area contributed by atoms with Crippen molar-refractivity contribution in [2.45, 2.75) is 39.2 Å². The molecule has 1 N–H and O–H groups in total. The van der Waals surface area contributed by atoms with E-state index in [-0.39, 0.29) is 18.0 Å². The summed E-state index contributed by atoms with van der Waals surface area (Å²) in [4.78, 5) is 13.1. The highest BCUT2D eigenvalue weighted by molar-refractivity contribution is 5.94. The summed E-state index contributed by atoms with van der Waals surface area (Å²) >= 11 is 0. The van der Waals surface area contributed by atoms with Crippen LogP contribution in [0.5, 0.6) is 0 Å². The Bertz CT molecular complexity index is 868. The van der Waals surface area contributed by atoms with Gasteiger partial charge in [0, 0.05) is 24.3 Å². The molecule has 28 heavy (non-hydrogen) atoms. The van der Waals surface area contributed by atoms with Gasteiger partial charge >= 0.3 is 0 Å². The Morgan fingerprint density at radius 1 is 1.14 bits per heavy atom. The van der Waals surface area contributed by atoms with Gasteiger partial charge in [0.15, 0.2) is 0 Å². The Hall–Kier alpha value is -2.25. The van der Waals surface area contributed by atoms with E-state index in [4.69, 9.17) is 4.74 Å². The summed E-state index contributed by atoms with van der Waals surface area (Å²) in [6.07, 6.45) is 3.79. The Kier molecular flexibility index (Phi) is 5.46. The second kappa shape index (κ2) is 8.01. The molecule has 1 amide bonds. The number of nitrogens with zero attached hydrogens (tertiary/aromatic N) is 2. The van der Waals surface area contributed by atoms with Crippen LogP contribution in [0, 0.1) is 18.6 Å². The molecule has 1 saturated heterocycles. The number of halogens is 2. The Morgan fingerprint density at radius 3 is 2.54 bits per heavy atom. The molecule has 1 aliphatic heterocycles. The largest absolute Gasteiger partial charge is 0.379 e. The molecule has 0 bridgehead atoms. The number of fused-ring (bicyclic) bond motifs is 1. The zero-order valence-corrected chi connectivity index (χ0v) is 16.1. The third kappa shape index (κ3) is 3.56. The number of hydrogen-bond acceptors (Lipinski definition) is 3. The molecular formula is C21H25F2N3O2. The van der Waals surface area contributed by atoms with Crippen LogP contribution in [0.2, 0.25) is 0 Å². The number of carbonyl (C=O) groups excluding carboxylic acids is 1. The van der Waals surface area contributed by atoms with Crippen molar-refractivity contribution in [3.8, 4) is 0 Å². The highest BCUT2D eigenvalue weighted by atomic mass is 19.1. The van der Waals surface area contributed by atoms with Crippen molar-refractivity contribution < 1.29 is 18.3 Å². The van der Waals surface area contributed by atoms with E-state index >= 15 is 0 Å². The van der Waals surface area contributed by atoms with E-state index in [1.165, 1.54) is 18.2 Å². The van der Waals surface area contributed by atoms with Gasteiger partial charge in [-0.15, -0.1) is 0 Å². The lowest BCUT2D eigenvalue weighted by Gasteiger charge is -2.27. The fourth-order valence-electron chi connectivity index (χ4n) is 4.25. The second-order valence-corrected chi connectivity index (χ2v) is 7.43. The maximum absolute atomic E-state index is 14.3. The van der Waals surface area contributed by atoms with Gasteiger partial charge in [-0.2, -0.15) is 0 Å². The Balaban J connectivity index is 1.72. The molecule has 0 spiro atoms. The Labute approximate surface area is 163 Å². The molecule has 2 aromatic rings. The SMILES string of the molecule is Cc1c2c(n(Cc3c(F)cccc3F)c1C(=O)NN1CCOCC1)CCCC2. The topological polar surface area (TPSA) is 46.5 Å². The van der Waals surface area contributed by atoms with E-state index in [0.29, 0.717) is 32.0 Å². The van der Waals surface area contributed by atoms with Crippen molar-refractivity contribution in [3.63, 3.8) is 0 Å². The second-order valence-electron chi connectivity index (χ2n) is 7.43. The number of nitrogens with one attached hydrogen (secondary N) is 1. The van der Waals surface area contributed by atoms with Crippen molar-refractivity contribution >= 4 is 5.91 Å². The molecule has 5 nitrogen and oxygen atoms in total. The van der Waals surface area contributed by atoms with E-state index in [1.807, 2.05) is 16.5 Å². The van der Waals surface area contributed by atoms with Crippen LogP contribution in [-0.2, 0) is 24.1 Å². The number of hydrazine groups is 1. The predicted octanol–water partition coefficient (Wildman–Crippen LogP) is 2.98. The fourth-order valence-corrected chi connectivity index (χ4v) is 4.25. The van der Waals surface area contributed by atoms with Gasteiger partial charge in [-0.1, -0.05) is 6.07 Å². The molecule has 0 radical (unpaired) electrons. The van der Waals surface area contributed by atoms with Crippen LogP contribution in [-0.4, -0.2) is 41.8 Å². The lowest BCUT2D eigenvalue weighted by Crippen LogP contribution is -2.49. The van der Waals surface area contributed by atoms with Crippen LogP contribution in [0.15, 0.2) is 18.2 Å². The summed E-state index contributed by atoms with van der Waals surface area (Å²) in [5.41, 5.74) is 6.53. The van der Waals surface area contributed by atoms with Crippen molar-refractivity contribution in [1.82, 2.24) is 15.0 Å². The molecular weight excluding hydrogens is 364 g/mol. The quantitative estimate of drug-likeness (QED) is 0.875. The van der Waals surface area contributed by atoms with Crippen LogP contribution in [0.1, 0.15) is 45.7 Å². The van der Waals surface area contributed by atoms with E-state index in [0.717, 1.165) is 42.5 Å². The third-order valence-corrected chi connectivity index (χ3v) is 5.71. The van der Waals surface area contributed by atoms with Crippen LogP contribution in [0.3, 0.4) is 0 Å². The highest BCUT2D eigenvalue weighted by Gasteiger charge is 2.28. The van der Waals surface area contributed by atoms with Crippen LogP contribution in [0.25, 0.3) is 0 Å². The third-order valence-electron chi connectivity index (χ3n) is 5.71. The molecule has 150 valence electrons. The van der Waals surface area contributed by atoms with Gasteiger partial charge in [0.1, 0.15) is 17.3 Å². The maximum Gasteiger partial charge on any atom is 0.282 e. The van der Waals surface area contributed by atoms with Gasteiger partial charge in [-0.3, -0.25) is 10.2 Å². The average molecular weight is 389 g/mol. The van der Waals surface area contributed by atoms with Crippen molar-refractivity contribution in [2.24, 2.45) is 0 Å². The minimum Gasteiger partial charge on any atom is -0.379 e. The van der Waals surface area contributed by atoms with Crippen molar-refractivity contribution in [3.05, 3.63) is 57.9 Å². The van der Waals surface area contributed by atoms with Crippen molar-refractivity contribution in [2.75, 3.05) is 26.3 Å². The molecule has 2 heterocycles. The maximum atomic E-state index is 14.3. The normalized spacial score (nSPS) is 17.4. The number of rotatable bonds is 4. The smallest absolute Gasteiger partial charge is 0.282 e. The van der Waals surface area contributed by atoms with Crippen molar-refractivity contribution in [1.29, 1.82) is 0 Å². The summed E-state index contributed by atoms with van der Waals surface area (Å²) in [7, 11) is 0. The van der Waals surface area contributed by atoms with Gasteiger partial charge in [0.05, 0.1) is 19.8 Å². The molecule has 0 saturated carbocycles. The molecule has 1 fully saturated rings. The minimum atomic E-state index is -0.588. The van der Waals surface area contributed by atoms with Gasteiger partial charge < -0.3 is 9.30 Å². The first-order valence-electron chi connectivity index (χ1n) is 9.83. The zero-order chi connectivity index (χ0) is 19.7. The van der Waals surface area contributed by atoms with Gasteiger partial charge in [0.25, 0.3) is 5.91 Å². The molecule has 4 rings (SSSR count). The predicted molar refractivity (Wildman–Crippen MR) is 101 cm³/mol. The summed E-state index contributed by atoms with van der Waals surface area (Å²) in [5.74, 6) is -1.41. The summed E-state index contributed by atoms with van der Waals surface area (Å²) in [6, 6.07) is 3.87. The molecule has 1 aromatic heterocycles. The first-order valence-corrected chi connectivity index (χ1v) is 9.83. The average Bonchev–Trinajstić information content (AvgIpc) is 2.98. The van der Waals surface area contributed by atoms with Crippen LogP contribution in [0.4, 0.5) is 8.78 Å². The van der Waals surface area contributed by atoms with Gasteiger partial charge in [0.2, 0.25) is 0 Å². The number of hydrogen-bond donors (Lipinski definition) is 1. The number of carbonyl (C=O) groups is 1.